The molecule has 33 heavy (non-hydrogen) atoms. The first-order chi connectivity index (χ1) is 16.1. The number of methoxy groups -OCH3 is 2. The Labute approximate surface area is 190 Å². The van der Waals surface area contributed by atoms with Crippen molar-refractivity contribution in [2.45, 2.75) is 6.42 Å². The zero-order valence-electron chi connectivity index (χ0n) is 18.3. The smallest absolute Gasteiger partial charge is 0.193 e. The number of benzene rings is 4. The third-order valence-electron chi connectivity index (χ3n) is 6.65. The molecule has 4 aromatic carbocycles. The number of ether oxygens (including phenoxy) is 2. The van der Waals surface area contributed by atoms with Crippen LogP contribution in [-0.2, 0) is 9.47 Å². The van der Waals surface area contributed by atoms with Crippen molar-refractivity contribution < 1.29 is 19.1 Å². The van der Waals surface area contributed by atoms with Crippen molar-refractivity contribution in [3.63, 3.8) is 0 Å². The molecule has 160 valence electrons. The van der Waals surface area contributed by atoms with Crippen LogP contribution in [0.5, 0.6) is 0 Å². The summed E-state index contributed by atoms with van der Waals surface area (Å²) in [4.78, 5) is 27.3. The fraction of sp³-hybridized carbons (Fsp3) is 0.103. The molecule has 0 heterocycles. The average molecular weight is 432 g/mol. The highest BCUT2D eigenvalue weighted by molar-refractivity contribution is 6.28. The van der Waals surface area contributed by atoms with Crippen LogP contribution >= 0.6 is 0 Å². The van der Waals surface area contributed by atoms with E-state index < -0.39 is 0 Å². The molecule has 0 spiro atoms. The van der Waals surface area contributed by atoms with Crippen molar-refractivity contribution >= 4 is 44.6 Å². The van der Waals surface area contributed by atoms with Crippen molar-refractivity contribution in [3.8, 4) is 0 Å². The van der Waals surface area contributed by atoms with Gasteiger partial charge in [-0.05, 0) is 10.8 Å². The highest BCUT2D eigenvalue weighted by Crippen LogP contribution is 2.43. The van der Waals surface area contributed by atoms with Gasteiger partial charge in [0, 0.05) is 50.6 Å². The summed E-state index contributed by atoms with van der Waals surface area (Å²) in [5.41, 5.74) is 3.92. The summed E-state index contributed by atoms with van der Waals surface area (Å²) in [6.45, 7) is 0. The zero-order chi connectivity index (χ0) is 22.7. The number of ketones is 2. The molecule has 0 amide bonds. The Morgan fingerprint density at radius 3 is 1.27 bits per heavy atom. The third kappa shape index (κ3) is 2.64. The molecule has 0 saturated heterocycles. The van der Waals surface area contributed by atoms with E-state index in [1.807, 2.05) is 72.8 Å². The van der Waals surface area contributed by atoms with Gasteiger partial charge in [-0.2, -0.15) is 0 Å². The van der Waals surface area contributed by atoms with Crippen LogP contribution in [-0.4, -0.2) is 25.8 Å². The van der Waals surface area contributed by atoms with E-state index in [-0.39, 0.29) is 18.0 Å². The molecule has 2 aliphatic carbocycles. The summed E-state index contributed by atoms with van der Waals surface area (Å²) in [6.07, 6.45) is 0.124. The van der Waals surface area contributed by atoms with Crippen LogP contribution in [0.2, 0.25) is 0 Å². The van der Waals surface area contributed by atoms with Gasteiger partial charge in [0.2, 0.25) is 0 Å². The summed E-state index contributed by atoms with van der Waals surface area (Å²) >= 11 is 0. The molecule has 0 N–H and O–H groups in total. The maximum absolute atomic E-state index is 13.7. The summed E-state index contributed by atoms with van der Waals surface area (Å²) in [5.74, 6) is 0.780. The molecule has 6 rings (SSSR count). The van der Waals surface area contributed by atoms with Crippen molar-refractivity contribution in [2.75, 3.05) is 14.2 Å². The minimum absolute atomic E-state index is 0.121. The highest BCUT2D eigenvalue weighted by atomic mass is 16.5. The second kappa shape index (κ2) is 7.17. The Balaban J connectivity index is 1.59. The standard InChI is InChI=1S/C29H20O4/c1-32-28-20-13-5-9-16-7-3-11-18(24(16)20)26(30)22(28)15-23-27(31)19-12-4-8-17-10-6-14-21(25(17)19)29(23)33-2/h3-14H,15H2,1-2H3. The van der Waals surface area contributed by atoms with Crippen molar-refractivity contribution in [3.05, 3.63) is 106 Å². The number of carbonyl (C=O) groups is 2. The second-order valence-electron chi connectivity index (χ2n) is 8.28. The molecule has 0 bridgehead atoms. The lowest BCUT2D eigenvalue weighted by molar-refractivity contribution is 0.102. The minimum atomic E-state index is -0.121. The largest absolute Gasteiger partial charge is 0.496 e. The summed E-state index contributed by atoms with van der Waals surface area (Å²) in [6, 6.07) is 23.2. The fourth-order valence-corrected chi connectivity index (χ4v) is 5.26. The van der Waals surface area contributed by atoms with Crippen LogP contribution in [0.3, 0.4) is 0 Å². The summed E-state index contributed by atoms with van der Waals surface area (Å²) in [5, 5.41) is 3.74. The van der Waals surface area contributed by atoms with E-state index in [4.69, 9.17) is 9.47 Å². The molecule has 2 aliphatic rings. The number of hydrogen-bond donors (Lipinski definition) is 0. The first kappa shape index (κ1) is 19.5. The SMILES string of the molecule is COC1=C(CC2=C(OC)c3cccc4cccc(c34)C2=O)C(=O)c2cccc3cccc1c23. The number of allylic oxidation sites excluding steroid dienone is 2. The van der Waals surface area contributed by atoms with E-state index >= 15 is 0 Å². The quantitative estimate of drug-likeness (QED) is 0.386. The lowest BCUT2D eigenvalue weighted by Crippen LogP contribution is -2.19. The van der Waals surface area contributed by atoms with Crippen LogP contribution < -0.4 is 0 Å². The molecule has 4 heteroatoms. The van der Waals surface area contributed by atoms with E-state index in [0.717, 1.165) is 32.7 Å². The fourth-order valence-electron chi connectivity index (χ4n) is 5.26. The van der Waals surface area contributed by atoms with Gasteiger partial charge < -0.3 is 9.47 Å². The molecule has 0 unspecified atom stereocenters. The molecule has 0 aromatic heterocycles. The van der Waals surface area contributed by atoms with Gasteiger partial charge in [-0.15, -0.1) is 0 Å². The van der Waals surface area contributed by atoms with Crippen LogP contribution in [0.15, 0.2) is 83.9 Å². The molecule has 0 fully saturated rings. The number of carbonyl (C=O) groups excluding carboxylic acids is 2. The van der Waals surface area contributed by atoms with E-state index in [2.05, 4.69) is 0 Å². The number of Topliss-reactive ketones (excluding diaryl/α,β-unsaturated/α-hetero) is 2. The molecule has 0 saturated carbocycles. The molecular weight excluding hydrogens is 412 g/mol. The second-order valence-corrected chi connectivity index (χ2v) is 8.28. The molecule has 0 atom stereocenters. The Hall–Kier alpha value is -4.18. The summed E-state index contributed by atoms with van der Waals surface area (Å²) in [7, 11) is 3.14. The van der Waals surface area contributed by atoms with Gasteiger partial charge in [0.25, 0.3) is 0 Å². The first-order valence-corrected chi connectivity index (χ1v) is 10.8. The van der Waals surface area contributed by atoms with Crippen LogP contribution in [0, 0.1) is 0 Å². The first-order valence-electron chi connectivity index (χ1n) is 10.8. The Bertz CT molecular complexity index is 1460. The van der Waals surface area contributed by atoms with E-state index in [9.17, 15) is 9.59 Å². The van der Waals surface area contributed by atoms with Crippen molar-refractivity contribution in [1.29, 1.82) is 0 Å². The van der Waals surface area contributed by atoms with Crippen LogP contribution in [0.1, 0.15) is 38.3 Å². The maximum atomic E-state index is 13.7. The minimum Gasteiger partial charge on any atom is -0.496 e. The Morgan fingerprint density at radius 2 is 0.909 bits per heavy atom. The predicted octanol–water partition coefficient (Wildman–Crippen LogP) is 6.19. The van der Waals surface area contributed by atoms with E-state index in [1.54, 1.807) is 14.2 Å². The van der Waals surface area contributed by atoms with Gasteiger partial charge in [-0.1, -0.05) is 72.8 Å². The highest BCUT2D eigenvalue weighted by Gasteiger charge is 2.34. The van der Waals surface area contributed by atoms with Gasteiger partial charge in [0.05, 0.1) is 14.2 Å². The lowest BCUT2D eigenvalue weighted by atomic mass is 9.80. The van der Waals surface area contributed by atoms with Gasteiger partial charge in [0.15, 0.2) is 11.6 Å². The van der Waals surface area contributed by atoms with Crippen molar-refractivity contribution in [1.82, 2.24) is 0 Å². The van der Waals surface area contributed by atoms with E-state index in [1.165, 1.54) is 0 Å². The normalized spacial score (nSPS) is 15.0. The topological polar surface area (TPSA) is 52.6 Å². The van der Waals surface area contributed by atoms with E-state index in [0.29, 0.717) is 33.8 Å². The van der Waals surface area contributed by atoms with Gasteiger partial charge in [0.1, 0.15) is 11.5 Å². The summed E-state index contributed by atoms with van der Waals surface area (Å²) < 4.78 is 11.6. The van der Waals surface area contributed by atoms with Crippen molar-refractivity contribution in [2.24, 2.45) is 0 Å². The van der Waals surface area contributed by atoms with Gasteiger partial charge in [-0.25, -0.2) is 0 Å². The van der Waals surface area contributed by atoms with Gasteiger partial charge in [-0.3, -0.25) is 9.59 Å². The predicted molar refractivity (Wildman–Crippen MR) is 129 cm³/mol. The van der Waals surface area contributed by atoms with Gasteiger partial charge >= 0.3 is 0 Å². The molecule has 4 nitrogen and oxygen atoms in total. The third-order valence-corrected chi connectivity index (χ3v) is 6.65. The van der Waals surface area contributed by atoms with Crippen LogP contribution in [0.25, 0.3) is 33.1 Å². The molecular formula is C29H20O4. The number of rotatable bonds is 4. The van der Waals surface area contributed by atoms with Crippen LogP contribution in [0.4, 0.5) is 0 Å². The monoisotopic (exact) mass is 432 g/mol. The molecule has 0 radical (unpaired) electrons. The average Bonchev–Trinajstić information content (AvgIpc) is 2.85. The maximum Gasteiger partial charge on any atom is 0.193 e. The zero-order valence-corrected chi connectivity index (χ0v) is 18.3. The number of hydrogen-bond acceptors (Lipinski definition) is 4. The Kier molecular flexibility index (Phi) is 4.24. The molecule has 4 aromatic rings. The lowest BCUT2D eigenvalue weighted by Gasteiger charge is -2.25. The molecule has 0 aliphatic heterocycles. The Morgan fingerprint density at radius 1 is 0.545 bits per heavy atom.